The van der Waals surface area contributed by atoms with Crippen molar-refractivity contribution in [3.8, 4) is 0 Å². The van der Waals surface area contributed by atoms with E-state index in [0.29, 0.717) is 18.7 Å². The first-order chi connectivity index (χ1) is 8.64. The Morgan fingerprint density at radius 1 is 1.21 bits per heavy atom. The molecule has 2 N–H and O–H groups in total. The molecule has 8 heteroatoms. The van der Waals surface area contributed by atoms with Crippen LogP contribution in [0.5, 0.6) is 0 Å². The minimum Gasteiger partial charge on any atom is -0.269 e. The van der Waals surface area contributed by atoms with Crippen LogP contribution in [0, 0.1) is 0 Å². The Hall–Kier alpha value is -1.12. The Morgan fingerprint density at radius 3 is 2.37 bits per heavy atom. The smallest absolute Gasteiger partial charge is 0.238 e. The molecule has 1 aliphatic heterocycles. The quantitative estimate of drug-likeness (QED) is 0.875. The largest absolute Gasteiger partial charge is 0.269 e. The highest BCUT2D eigenvalue weighted by molar-refractivity contribution is 7.93. The van der Waals surface area contributed by atoms with E-state index in [9.17, 15) is 16.8 Å². The molecule has 0 fully saturated rings. The van der Waals surface area contributed by atoms with Gasteiger partial charge in [-0.2, -0.15) is 0 Å². The van der Waals surface area contributed by atoms with Crippen LogP contribution >= 0.6 is 0 Å². The minimum atomic E-state index is -3.84. The van der Waals surface area contributed by atoms with Gasteiger partial charge in [0.15, 0.2) is 0 Å². The number of nitrogens with zero attached hydrogens (tertiary/aromatic N) is 1. The van der Waals surface area contributed by atoms with Crippen molar-refractivity contribution in [1.29, 1.82) is 0 Å². The number of nitrogens with two attached hydrogens (primary N) is 1. The van der Waals surface area contributed by atoms with Crippen LogP contribution in [0.25, 0.3) is 0 Å². The van der Waals surface area contributed by atoms with Crippen molar-refractivity contribution in [3.63, 3.8) is 0 Å². The third-order valence-corrected chi connectivity index (χ3v) is 6.24. The van der Waals surface area contributed by atoms with Crippen LogP contribution in [-0.2, 0) is 26.5 Å². The number of sulfonamides is 2. The molecule has 0 spiro atoms. The van der Waals surface area contributed by atoms with Crippen LogP contribution in [0.1, 0.15) is 19.4 Å². The highest BCUT2D eigenvalue weighted by atomic mass is 32.2. The van der Waals surface area contributed by atoms with Crippen molar-refractivity contribution >= 4 is 25.7 Å². The topological polar surface area (TPSA) is 97.5 Å². The van der Waals surface area contributed by atoms with Crippen LogP contribution in [-0.4, -0.2) is 28.6 Å². The second-order valence-corrected chi connectivity index (χ2v) is 8.73. The maximum Gasteiger partial charge on any atom is 0.238 e. The lowest BCUT2D eigenvalue weighted by Crippen LogP contribution is -2.35. The standard InChI is InChI=1S/C11H16N2O4S2/c1-8(2)19(16,17)13-6-5-9-3-4-10(7-11(9)13)18(12,14)15/h3-4,7-8H,5-6H2,1-2H3,(H2,12,14,15). The number of primary sulfonamides is 1. The summed E-state index contributed by atoms with van der Waals surface area (Å²) < 4.78 is 48.3. The molecule has 0 unspecified atom stereocenters. The number of hydrogen-bond acceptors (Lipinski definition) is 4. The molecule has 19 heavy (non-hydrogen) atoms. The summed E-state index contributed by atoms with van der Waals surface area (Å²) in [5, 5.41) is 4.51. The first-order valence-electron chi connectivity index (χ1n) is 5.81. The Morgan fingerprint density at radius 2 is 1.84 bits per heavy atom. The summed E-state index contributed by atoms with van der Waals surface area (Å²) >= 11 is 0. The number of benzene rings is 1. The molecule has 6 nitrogen and oxygen atoms in total. The lowest BCUT2D eigenvalue weighted by molar-refractivity contribution is 0.583. The molecule has 1 heterocycles. The molecular formula is C11H16N2O4S2. The third kappa shape index (κ3) is 2.47. The summed E-state index contributed by atoms with van der Waals surface area (Å²) in [7, 11) is -7.29. The Balaban J connectivity index is 2.56. The molecule has 0 saturated heterocycles. The monoisotopic (exact) mass is 304 g/mol. The highest BCUT2D eigenvalue weighted by Crippen LogP contribution is 2.33. The summed E-state index contributed by atoms with van der Waals surface area (Å²) in [6, 6.07) is 4.35. The Bertz CT molecular complexity index is 708. The molecule has 0 bridgehead atoms. The van der Waals surface area contributed by atoms with Crippen LogP contribution in [0.15, 0.2) is 23.1 Å². The first-order valence-corrected chi connectivity index (χ1v) is 8.86. The van der Waals surface area contributed by atoms with Gasteiger partial charge in [0.2, 0.25) is 20.0 Å². The van der Waals surface area contributed by atoms with Crippen molar-refractivity contribution in [2.24, 2.45) is 5.14 Å². The van der Waals surface area contributed by atoms with Crippen molar-refractivity contribution in [3.05, 3.63) is 23.8 Å². The van der Waals surface area contributed by atoms with Gasteiger partial charge >= 0.3 is 0 Å². The average Bonchev–Trinajstić information content (AvgIpc) is 2.70. The zero-order valence-corrected chi connectivity index (χ0v) is 12.3. The van der Waals surface area contributed by atoms with E-state index in [1.54, 1.807) is 19.9 Å². The SMILES string of the molecule is CC(C)S(=O)(=O)N1CCc2ccc(S(N)(=O)=O)cc21. The fraction of sp³-hybridized carbons (Fsp3) is 0.455. The summed E-state index contributed by atoms with van der Waals surface area (Å²) in [6.45, 7) is 3.53. The molecule has 0 saturated carbocycles. The molecule has 0 aliphatic carbocycles. The predicted octanol–water partition coefficient (Wildman–Crippen LogP) is 0.435. The van der Waals surface area contributed by atoms with Crippen molar-refractivity contribution in [2.75, 3.05) is 10.8 Å². The lowest BCUT2D eigenvalue weighted by Gasteiger charge is -2.22. The second-order valence-electron chi connectivity index (χ2n) is 4.75. The molecule has 0 atom stereocenters. The molecule has 2 rings (SSSR count). The van der Waals surface area contributed by atoms with Gasteiger partial charge in [-0.1, -0.05) is 6.07 Å². The van der Waals surface area contributed by atoms with Gasteiger partial charge in [-0.15, -0.1) is 0 Å². The van der Waals surface area contributed by atoms with Crippen molar-refractivity contribution in [1.82, 2.24) is 0 Å². The number of anilines is 1. The van der Waals surface area contributed by atoms with Gasteiger partial charge < -0.3 is 0 Å². The average molecular weight is 304 g/mol. The van der Waals surface area contributed by atoms with Gasteiger partial charge in [0.05, 0.1) is 15.8 Å². The van der Waals surface area contributed by atoms with Crippen molar-refractivity contribution in [2.45, 2.75) is 30.4 Å². The van der Waals surface area contributed by atoms with E-state index in [1.807, 2.05) is 0 Å². The summed E-state index contributed by atoms with van der Waals surface area (Å²) in [4.78, 5) is -0.0721. The number of hydrogen-bond donors (Lipinski definition) is 1. The Labute approximate surface area is 113 Å². The normalized spacial score (nSPS) is 15.9. The zero-order chi connectivity index (χ0) is 14.4. The Kier molecular flexibility index (Phi) is 3.36. The van der Waals surface area contributed by atoms with Gasteiger partial charge in [0, 0.05) is 6.54 Å². The van der Waals surface area contributed by atoms with Gasteiger partial charge in [-0.05, 0) is 38.0 Å². The van der Waals surface area contributed by atoms with E-state index >= 15 is 0 Å². The summed E-state index contributed by atoms with van der Waals surface area (Å²) in [6.07, 6.45) is 0.576. The molecule has 0 amide bonds. The molecule has 0 radical (unpaired) electrons. The number of rotatable bonds is 3. The van der Waals surface area contributed by atoms with Gasteiger partial charge in [0.25, 0.3) is 0 Å². The van der Waals surface area contributed by atoms with E-state index in [4.69, 9.17) is 5.14 Å². The van der Waals surface area contributed by atoms with E-state index in [2.05, 4.69) is 0 Å². The van der Waals surface area contributed by atoms with Gasteiger partial charge in [0.1, 0.15) is 0 Å². The third-order valence-electron chi connectivity index (χ3n) is 3.14. The van der Waals surface area contributed by atoms with E-state index in [-0.39, 0.29) is 4.90 Å². The van der Waals surface area contributed by atoms with Crippen LogP contribution in [0.4, 0.5) is 5.69 Å². The summed E-state index contributed by atoms with van der Waals surface area (Å²) in [5.41, 5.74) is 1.23. The lowest BCUT2D eigenvalue weighted by atomic mass is 10.2. The fourth-order valence-corrected chi connectivity index (χ4v) is 3.86. The first kappa shape index (κ1) is 14.3. The van der Waals surface area contributed by atoms with Crippen LogP contribution in [0.3, 0.4) is 0 Å². The van der Waals surface area contributed by atoms with E-state index in [0.717, 1.165) is 5.56 Å². The van der Waals surface area contributed by atoms with Crippen molar-refractivity contribution < 1.29 is 16.8 Å². The molecule has 106 valence electrons. The van der Waals surface area contributed by atoms with Crippen LogP contribution < -0.4 is 9.44 Å². The summed E-state index contributed by atoms with van der Waals surface area (Å²) in [5.74, 6) is 0. The van der Waals surface area contributed by atoms with E-state index < -0.39 is 25.3 Å². The molecule has 0 aromatic heterocycles. The maximum absolute atomic E-state index is 12.2. The molecular weight excluding hydrogens is 288 g/mol. The molecule has 1 aromatic carbocycles. The zero-order valence-electron chi connectivity index (χ0n) is 10.7. The van der Waals surface area contributed by atoms with Gasteiger partial charge in [-0.25, -0.2) is 22.0 Å². The minimum absolute atomic E-state index is 0.0721. The van der Waals surface area contributed by atoms with E-state index in [1.165, 1.54) is 16.4 Å². The molecule has 1 aromatic rings. The maximum atomic E-state index is 12.2. The predicted molar refractivity (Wildman–Crippen MR) is 72.9 cm³/mol. The highest BCUT2D eigenvalue weighted by Gasteiger charge is 2.32. The molecule has 1 aliphatic rings. The number of fused-ring (bicyclic) bond motifs is 1. The van der Waals surface area contributed by atoms with Crippen LogP contribution in [0.2, 0.25) is 0 Å². The second kappa shape index (κ2) is 4.46. The fourth-order valence-electron chi connectivity index (χ4n) is 2.03. The van der Waals surface area contributed by atoms with Gasteiger partial charge in [-0.3, -0.25) is 4.31 Å².